The third-order valence-corrected chi connectivity index (χ3v) is 3.46. The lowest BCUT2D eigenvalue weighted by Gasteiger charge is -2.12. The van der Waals surface area contributed by atoms with Crippen molar-refractivity contribution in [3.63, 3.8) is 0 Å². The van der Waals surface area contributed by atoms with E-state index in [-0.39, 0.29) is 12.0 Å². The van der Waals surface area contributed by atoms with E-state index in [0.29, 0.717) is 25.2 Å². The Kier molecular flexibility index (Phi) is 4.84. The second-order valence-electron chi connectivity index (χ2n) is 4.97. The summed E-state index contributed by atoms with van der Waals surface area (Å²) in [6.45, 7) is 0.455. The van der Waals surface area contributed by atoms with Crippen LogP contribution in [-0.4, -0.2) is 32.8 Å². The Bertz CT molecular complexity index is 487. The monoisotopic (exact) mass is 279 g/mol. The van der Waals surface area contributed by atoms with E-state index in [0.717, 1.165) is 18.6 Å². The predicted octanol–water partition coefficient (Wildman–Crippen LogP) is 1.45. The van der Waals surface area contributed by atoms with E-state index in [1.807, 2.05) is 12.1 Å². The Morgan fingerprint density at radius 1 is 1.25 bits per heavy atom. The largest absolute Gasteiger partial charge is 0.493 e. The molecule has 1 aliphatic rings. The van der Waals surface area contributed by atoms with Crippen molar-refractivity contribution in [2.45, 2.75) is 31.7 Å². The van der Waals surface area contributed by atoms with E-state index >= 15 is 0 Å². The number of ether oxygens (including phenoxy) is 3. The molecule has 1 atom stereocenters. The average molecular weight is 279 g/mol. The first-order chi connectivity index (χ1) is 9.63. The number of benzene rings is 1. The van der Waals surface area contributed by atoms with Crippen molar-refractivity contribution in [2.24, 2.45) is 5.73 Å². The van der Waals surface area contributed by atoms with Crippen molar-refractivity contribution < 1.29 is 19.0 Å². The van der Waals surface area contributed by atoms with Gasteiger partial charge in [0.2, 0.25) is 0 Å². The fourth-order valence-electron chi connectivity index (χ4n) is 2.43. The molecule has 5 heteroatoms. The van der Waals surface area contributed by atoms with Crippen LogP contribution in [0.15, 0.2) is 12.1 Å². The minimum absolute atomic E-state index is 0.185. The van der Waals surface area contributed by atoms with Crippen LogP contribution in [0.5, 0.6) is 11.5 Å². The molecule has 1 aromatic rings. The van der Waals surface area contributed by atoms with Gasteiger partial charge in [-0.1, -0.05) is 0 Å². The minimum atomic E-state index is -0.222. The lowest BCUT2D eigenvalue weighted by molar-refractivity contribution is -0.140. The van der Waals surface area contributed by atoms with E-state index in [4.69, 9.17) is 15.2 Å². The zero-order chi connectivity index (χ0) is 14.5. The fraction of sp³-hybridized carbons (Fsp3) is 0.533. The summed E-state index contributed by atoms with van der Waals surface area (Å²) in [5, 5.41) is 0. The maximum absolute atomic E-state index is 11.0. The molecule has 0 bridgehead atoms. The predicted molar refractivity (Wildman–Crippen MR) is 75.1 cm³/mol. The van der Waals surface area contributed by atoms with Gasteiger partial charge in [-0.25, -0.2) is 0 Å². The summed E-state index contributed by atoms with van der Waals surface area (Å²) < 4.78 is 15.6. The molecule has 2 N–H and O–H groups in total. The van der Waals surface area contributed by atoms with Gasteiger partial charge in [0.05, 0.1) is 20.8 Å². The van der Waals surface area contributed by atoms with Crippen LogP contribution in [0.1, 0.15) is 24.0 Å². The molecule has 0 saturated carbocycles. The molecule has 0 saturated heterocycles. The topological polar surface area (TPSA) is 70.8 Å². The number of hydrogen-bond acceptors (Lipinski definition) is 5. The number of methoxy groups -OCH3 is 2. The van der Waals surface area contributed by atoms with Crippen molar-refractivity contribution >= 4 is 5.97 Å². The molecule has 0 spiro atoms. The maximum atomic E-state index is 11.0. The number of rotatable bonds is 6. The number of carbonyl (C=O) groups is 1. The lowest BCUT2D eigenvalue weighted by Crippen LogP contribution is -2.18. The Hall–Kier alpha value is -1.75. The summed E-state index contributed by atoms with van der Waals surface area (Å²) in [5.41, 5.74) is 8.42. The van der Waals surface area contributed by atoms with Gasteiger partial charge >= 0.3 is 5.97 Å². The van der Waals surface area contributed by atoms with Gasteiger partial charge < -0.3 is 19.9 Å². The molecule has 5 nitrogen and oxygen atoms in total. The second kappa shape index (κ2) is 6.61. The van der Waals surface area contributed by atoms with Crippen LogP contribution in [-0.2, 0) is 22.4 Å². The second-order valence-corrected chi connectivity index (χ2v) is 4.97. The highest BCUT2D eigenvalue weighted by Gasteiger charge is 2.21. The van der Waals surface area contributed by atoms with Crippen LogP contribution in [0.2, 0.25) is 0 Å². The van der Waals surface area contributed by atoms with Crippen LogP contribution >= 0.6 is 0 Å². The van der Waals surface area contributed by atoms with Crippen LogP contribution in [0.25, 0.3) is 0 Å². The summed E-state index contributed by atoms with van der Waals surface area (Å²) in [5.74, 6) is 1.21. The van der Waals surface area contributed by atoms with Gasteiger partial charge in [0.15, 0.2) is 11.5 Å². The first-order valence-corrected chi connectivity index (χ1v) is 6.79. The minimum Gasteiger partial charge on any atom is -0.493 e. The molecular weight excluding hydrogens is 258 g/mol. The molecule has 0 fully saturated rings. The number of carbonyl (C=O) groups excluding carboxylic acids is 1. The molecule has 0 radical (unpaired) electrons. The maximum Gasteiger partial charge on any atom is 0.305 e. The molecule has 110 valence electrons. The molecule has 0 aromatic heterocycles. The Morgan fingerprint density at radius 3 is 2.50 bits per heavy atom. The smallest absolute Gasteiger partial charge is 0.305 e. The number of hydrogen-bond donors (Lipinski definition) is 1. The summed E-state index contributed by atoms with van der Waals surface area (Å²) in [4.78, 5) is 11.0. The third-order valence-electron chi connectivity index (χ3n) is 3.46. The third kappa shape index (κ3) is 3.42. The molecule has 0 aliphatic heterocycles. The SMILES string of the molecule is COC(=O)CCCOc1cc2c(cc1OC)CC(N)C2. The van der Waals surface area contributed by atoms with E-state index in [1.54, 1.807) is 7.11 Å². The molecule has 0 amide bonds. The van der Waals surface area contributed by atoms with Crippen molar-refractivity contribution in [1.82, 2.24) is 0 Å². The molecule has 1 aromatic carbocycles. The van der Waals surface area contributed by atoms with Gasteiger partial charge in [-0.3, -0.25) is 4.79 Å². The number of esters is 1. The van der Waals surface area contributed by atoms with E-state index in [9.17, 15) is 4.79 Å². The summed E-state index contributed by atoms with van der Waals surface area (Å²) in [6.07, 6.45) is 2.73. The molecule has 1 aliphatic carbocycles. The molecule has 0 heterocycles. The molecule has 20 heavy (non-hydrogen) atoms. The first kappa shape index (κ1) is 14.7. The molecule has 2 rings (SSSR count). The summed E-state index contributed by atoms with van der Waals surface area (Å²) in [6, 6.07) is 4.18. The number of nitrogens with two attached hydrogens (primary N) is 1. The molecular formula is C15H21NO4. The van der Waals surface area contributed by atoms with Crippen molar-refractivity contribution in [2.75, 3.05) is 20.8 Å². The summed E-state index contributed by atoms with van der Waals surface area (Å²) >= 11 is 0. The zero-order valence-corrected chi connectivity index (χ0v) is 12.0. The van der Waals surface area contributed by atoms with E-state index in [2.05, 4.69) is 4.74 Å². The van der Waals surface area contributed by atoms with Gasteiger partial charge in [0.1, 0.15) is 0 Å². The normalized spacial score (nSPS) is 16.6. The lowest BCUT2D eigenvalue weighted by atomic mass is 10.1. The zero-order valence-electron chi connectivity index (χ0n) is 12.0. The average Bonchev–Trinajstić information content (AvgIpc) is 2.81. The van der Waals surface area contributed by atoms with Crippen LogP contribution in [0.3, 0.4) is 0 Å². The highest BCUT2D eigenvalue weighted by Crippen LogP contribution is 2.34. The highest BCUT2D eigenvalue weighted by atomic mass is 16.5. The fourth-order valence-corrected chi connectivity index (χ4v) is 2.43. The Labute approximate surface area is 119 Å². The van der Waals surface area contributed by atoms with E-state index < -0.39 is 0 Å². The van der Waals surface area contributed by atoms with Crippen LogP contribution < -0.4 is 15.2 Å². The molecule has 1 unspecified atom stereocenters. The van der Waals surface area contributed by atoms with E-state index in [1.165, 1.54) is 18.2 Å². The summed E-state index contributed by atoms with van der Waals surface area (Å²) in [7, 11) is 3.01. The van der Waals surface area contributed by atoms with Crippen molar-refractivity contribution in [3.05, 3.63) is 23.3 Å². The van der Waals surface area contributed by atoms with Gasteiger partial charge in [-0.05, 0) is 42.5 Å². The van der Waals surface area contributed by atoms with Crippen LogP contribution in [0.4, 0.5) is 0 Å². The number of fused-ring (bicyclic) bond motifs is 1. The van der Waals surface area contributed by atoms with Gasteiger partial charge in [0.25, 0.3) is 0 Å². The van der Waals surface area contributed by atoms with Gasteiger partial charge in [-0.15, -0.1) is 0 Å². The van der Waals surface area contributed by atoms with Gasteiger partial charge in [-0.2, -0.15) is 0 Å². The van der Waals surface area contributed by atoms with Crippen molar-refractivity contribution in [3.8, 4) is 11.5 Å². The quantitative estimate of drug-likeness (QED) is 0.630. The van der Waals surface area contributed by atoms with Gasteiger partial charge in [0, 0.05) is 12.5 Å². The Morgan fingerprint density at radius 2 is 1.90 bits per heavy atom. The Balaban J connectivity index is 1.97. The first-order valence-electron chi connectivity index (χ1n) is 6.79. The van der Waals surface area contributed by atoms with Crippen LogP contribution in [0, 0.1) is 0 Å². The standard InChI is InChI=1S/C15H21NO4/c1-18-13-8-10-6-12(16)7-11(10)9-14(13)20-5-3-4-15(17)19-2/h8-9,12H,3-7,16H2,1-2H3. The van der Waals surface area contributed by atoms with Crippen molar-refractivity contribution in [1.29, 1.82) is 0 Å². The highest BCUT2D eigenvalue weighted by molar-refractivity contribution is 5.69.